The minimum Gasteiger partial charge on any atom is -0.478 e. The molecule has 106 valence electrons. The first-order valence-corrected chi connectivity index (χ1v) is 7.02. The van der Waals surface area contributed by atoms with Gasteiger partial charge in [-0.05, 0) is 18.6 Å². The van der Waals surface area contributed by atoms with Gasteiger partial charge in [-0.1, -0.05) is 34.1 Å². The molecule has 6 heteroatoms. The molecular weight excluding hydrogens is 322 g/mol. The Morgan fingerprint density at radius 3 is 2.85 bits per heavy atom. The number of nitrogens with zero attached hydrogens (tertiary/aromatic N) is 2. The van der Waals surface area contributed by atoms with Crippen LogP contribution in [-0.2, 0) is 13.6 Å². The Bertz CT molecular complexity index is 625. The van der Waals surface area contributed by atoms with E-state index in [-0.39, 0.29) is 11.6 Å². The lowest BCUT2D eigenvalue weighted by Crippen LogP contribution is -2.21. The summed E-state index contributed by atoms with van der Waals surface area (Å²) in [6, 6.07) is 8.06. The largest absolute Gasteiger partial charge is 0.478 e. The quantitative estimate of drug-likeness (QED) is 0.880. The number of aromatic nitrogens is 2. The number of rotatable bonds is 5. The first kappa shape index (κ1) is 14.7. The zero-order valence-electron chi connectivity index (χ0n) is 11.3. The number of benzene rings is 1. The van der Waals surface area contributed by atoms with Gasteiger partial charge < -0.3 is 10.4 Å². The van der Waals surface area contributed by atoms with Crippen LogP contribution in [0.3, 0.4) is 0 Å². The summed E-state index contributed by atoms with van der Waals surface area (Å²) in [7, 11) is 1.74. The monoisotopic (exact) mass is 337 g/mol. The van der Waals surface area contributed by atoms with Gasteiger partial charge in [-0.3, -0.25) is 4.68 Å². The van der Waals surface area contributed by atoms with Crippen molar-refractivity contribution in [1.29, 1.82) is 0 Å². The van der Waals surface area contributed by atoms with Gasteiger partial charge in [0.2, 0.25) is 0 Å². The van der Waals surface area contributed by atoms with E-state index in [0.717, 1.165) is 10.0 Å². The molecule has 0 aliphatic carbocycles. The van der Waals surface area contributed by atoms with Crippen molar-refractivity contribution in [2.75, 3.05) is 0 Å². The molecule has 1 aromatic heterocycles. The van der Waals surface area contributed by atoms with Crippen LogP contribution in [-0.4, -0.2) is 20.9 Å². The second-order valence-corrected chi connectivity index (χ2v) is 5.41. The first-order chi connectivity index (χ1) is 9.50. The number of carboxylic acid groups (broad SMARTS) is 1. The highest BCUT2D eigenvalue weighted by Crippen LogP contribution is 2.23. The van der Waals surface area contributed by atoms with Crippen molar-refractivity contribution in [3.8, 4) is 0 Å². The fourth-order valence-corrected chi connectivity index (χ4v) is 2.67. The predicted molar refractivity (Wildman–Crippen MR) is 79.6 cm³/mol. The van der Waals surface area contributed by atoms with Crippen LogP contribution in [0.1, 0.15) is 34.6 Å². The number of halogens is 1. The zero-order valence-corrected chi connectivity index (χ0v) is 12.9. The van der Waals surface area contributed by atoms with Crippen LogP contribution in [0.5, 0.6) is 0 Å². The summed E-state index contributed by atoms with van der Waals surface area (Å²) in [5.41, 5.74) is 2.03. The number of aromatic carboxylic acids is 1. The maximum absolute atomic E-state index is 11.1. The third-order valence-electron chi connectivity index (χ3n) is 3.24. The summed E-state index contributed by atoms with van der Waals surface area (Å²) in [5, 5.41) is 16.4. The first-order valence-electron chi connectivity index (χ1n) is 6.22. The molecule has 0 aliphatic rings. The second kappa shape index (κ2) is 6.19. The molecule has 0 aliphatic heterocycles. The molecular formula is C14H16BrN3O2. The SMILES string of the molecule is C[C@@H](NCc1c(C(=O)O)cnn1C)c1ccccc1Br. The molecule has 5 nitrogen and oxygen atoms in total. The van der Waals surface area contributed by atoms with Gasteiger partial charge in [0.05, 0.1) is 11.9 Å². The fraction of sp³-hybridized carbons (Fsp3) is 0.286. The van der Waals surface area contributed by atoms with E-state index in [1.807, 2.05) is 31.2 Å². The highest BCUT2D eigenvalue weighted by Gasteiger charge is 2.16. The fourth-order valence-electron chi connectivity index (χ4n) is 2.04. The number of carboxylic acids is 1. The molecule has 0 fully saturated rings. The van der Waals surface area contributed by atoms with E-state index in [4.69, 9.17) is 5.11 Å². The molecule has 1 atom stereocenters. The summed E-state index contributed by atoms with van der Waals surface area (Å²) < 4.78 is 2.62. The van der Waals surface area contributed by atoms with Crippen molar-refractivity contribution in [3.05, 3.63) is 51.8 Å². The van der Waals surface area contributed by atoms with Gasteiger partial charge >= 0.3 is 5.97 Å². The van der Waals surface area contributed by atoms with E-state index in [9.17, 15) is 4.79 Å². The molecule has 0 saturated heterocycles. The van der Waals surface area contributed by atoms with Gasteiger partial charge in [0.15, 0.2) is 0 Å². The van der Waals surface area contributed by atoms with Crippen LogP contribution in [0, 0.1) is 0 Å². The number of nitrogens with one attached hydrogen (secondary N) is 1. The molecule has 0 bridgehead atoms. The van der Waals surface area contributed by atoms with E-state index in [2.05, 4.69) is 26.3 Å². The van der Waals surface area contributed by atoms with Gasteiger partial charge in [-0.25, -0.2) is 4.79 Å². The molecule has 0 saturated carbocycles. The van der Waals surface area contributed by atoms with Crippen molar-refractivity contribution >= 4 is 21.9 Å². The minimum absolute atomic E-state index is 0.0992. The molecule has 20 heavy (non-hydrogen) atoms. The maximum atomic E-state index is 11.1. The normalized spacial score (nSPS) is 12.3. The van der Waals surface area contributed by atoms with Crippen molar-refractivity contribution in [1.82, 2.24) is 15.1 Å². The Morgan fingerprint density at radius 1 is 1.50 bits per heavy atom. The van der Waals surface area contributed by atoms with Gasteiger partial charge in [0.25, 0.3) is 0 Å². The molecule has 2 aromatic rings. The van der Waals surface area contributed by atoms with Crippen LogP contribution in [0.4, 0.5) is 0 Å². The standard InChI is InChI=1S/C14H16BrN3O2/c1-9(10-5-3-4-6-12(10)15)16-8-13-11(14(19)20)7-17-18(13)2/h3-7,9,16H,8H2,1-2H3,(H,19,20)/t9-/m1/s1. The molecule has 1 heterocycles. The molecule has 1 aromatic carbocycles. The second-order valence-electron chi connectivity index (χ2n) is 4.56. The van der Waals surface area contributed by atoms with E-state index >= 15 is 0 Å². The van der Waals surface area contributed by atoms with Crippen molar-refractivity contribution < 1.29 is 9.90 Å². The van der Waals surface area contributed by atoms with Crippen LogP contribution in [0.25, 0.3) is 0 Å². The molecule has 2 N–H and O–H groups in total. The zero-order chi connectivity index (χ0) is 14.7. The number of hydrogen-bond acceptors (Lipinski definition) is 3. The third kappa shape index (κ3) is 3.08. The summed E-state index contributed by atoms with van der Waals surface area (Å²) in [6.07, 6.45) is 1.38. The maximum Gasteiger partial charge on any atom is 0.339 e. The van der Waals surface area contributed by atoms with Crippen LogP contribution >= 0.6 is 15.9 Å². The molecule has 0 spiro atoms. The van der Waals surface area contributed by atoms with Crippen molar-refractivity contribution in [2.45, 2.75) is 19.5 Å². The van der Waals surface area contributed by atoms with Crippen molar-refractivity contribution in [2.24, 2.45) is 7.05 Å². The van der Waals surface area contributed by atoms with E-state index in [1.54, 1.807) is 11.7 Å². The number of hydrogen-bond donors (Lipinski definition) is 2. The van der Waals surface area contributed by atoms with Gasteiger partial charge in [-0.15, -0.1) is 0 Å². The summed E-state index contributed by atoms with van der Waals surface area (Å²) in [5.74, 6) is -0.955. The van der Waals surface area contributed by atoms with Crippen molar-refractivity contribution in [3.63, 3.8) is 0 Å². The Kier molecular flexibility index (Phi) is 4.57. The Morgan fingerprint density at radius 2 is 2.20 bits per heavy atom. The van der Waals surface area contributed by atoms with E-state index in [0.29, 0.717) is 12.2 Å². The van der Waals surface area contributed by atoms with Crippen LogP contribution in [0.2, 0.25) is 0 Å². The minimum atomic E-state index is -0.955. The molecule has 0 radical (unpaired) electrons. The Labute approximate surface area is 125 Å². The number of carbonyl (C=O) groups is 1. The summed E-state index contributed by atoms with van der Waals surface area (Å²) in [6.45, 7) is 2.48. The average molecular weight is 338 g/mol. The van der Waals surface area contributed by atoms with Gasteiger partial charge in [0.1, 0.15) is 5.56 Å². The lowest BCUT2D eigenvalue weighted by atomic mass is 10.1. The van der Waals surface area contributed by atoms with E-state index in [1.165, 1.54) is 6.20 Å². The third-order valence-corrected chi connectivity index (χ3v) is 3.96. The molecule has 0 amide bonds. The molecule has 0 unspecified atom stereocenters. The highest BCUT2D eigenvalue weighted by molar-refractivity contribution is 9.10. The van der Waals surface area contributed by atoms with E-state index < -0.39 is 5.97 Å². The Hall–Kier alpha value is -1.66. The topological polar surface area (TPSA) is 67.2 Å². The van der Waals surface area contributed by atoms with Gasteiger partial charge in [0, 0.05) is 24.1 Å². The highest BCUT2D eigenvalue weighted by atomic mass is 79.9. The lowest BCUT2D eigenvalue weighted by Gasteiger charge is -2.16. The smallest absolute Gasteiger partial charge is 0.339 e. The van der Waals surface area contributed by atoms with Crippen LogP contribution in [0.15, 0.2) is 34.9 Å². The Balaban J connectivity index is 2.11. The number of aryl methyl sites for hydroxylation is 1. The van der Waals surface area contributed by atoms with Crippen LogP contribution < -0.4 is 5.32 Å². The average Bonchev–Trinajstić information content (AvgIpc) is 2.78. The predicted octanol–water partition coefficient (Wildman–Crippen LogP) is 2.73. The summed E-state index contributed by atoms with van der Waals surface area (Å²) >= 11 is 3.52. The summed E-state index contributed by atoms with van der Waals surface area (Å²) in [4.78, 5) is 11.1. The lowest BCUT2D eigenvalue weighted by molar-refractivity contribution is 0.0695. The van der Waals surface area contributed by atoms with Gasteiger partial charge in [-0.2, -0.15) is 5.10 Å². The molecule has 2 rings (SSSR count).